The van der Waals surface area contributed by atoms with Crippen LogP contribution in [0.25, 0.3) is 10.1 Å². The summed E-state index contributed by atoms with van der Waals surface area (Å²) in [5.41, 5.74) is 3.11. The maximum Gasteiger partial charge on any atom is 0.0389 e. The molecule has 112 valence electrons. The summed E-state index contributed by atoms with van der Waals surface area (Å²) in [6.07, 6.45) is 9.05. The van der Waals surface area contributed by atoms with Crippen molar-refractivity contribution in [1.29, 1.82) is 0 Å². The standard InChI is InChI=1S/C19H25NS/c1-14-17-10-6-7-11-18(17)21-19(14)15(2)20-13-12-16-8-4-3-5-9-16/h6-8,10-11,15,20H,3-5,9,12-13H2,1-2H3. The Kier molecular flexibility index (Phi) is 4.77. The average molecular weight is 299 g/mol. The minimum Gasteiger partial charge on any atom is -0.309 e. The molecule has 0 spiro atoms. The monoisotopic (exact) mass is 299 g/mol. The second kappa shape index (κ2) is 6.76. The van der Waals surface area contributed by atoms with Crippen molar-refractivity contribution in [3.8, 4) is 0 Å². The summed E-state index contributed by atoms with van der Waals surface area (Å²) in [6, 6.07) is 9.20. The fourth-order valence-electron chi connectivity index (χ4n) is 3.28. The second-order valence-electron chi connectivity index (χ2n) is 6.12. The van der Waals surface area contributed by atoms with E-state index in [-0.39, 0.29) is 0 Å². The highest BCUT2D eigenvalue weighted by Crippen LogP contribution is 2.34. The molecule has 1 nitrogen and oxygen atoms in total. The second-order valence-corrected chi connectivity index (χ2v) is 7.21. The Balaban J connectivity index is 1.62. The third-order valence-electron chi connectivity index (χ3n) is 4.56. The van der Waals surface area contributed by atoms with E-state index in [0.717, 1.165) is 6.54 Å². The van der Waals surface area contributed by atoms with Gasteiger partial charge in [-0.15, -0.1) is 11.3 Å². The molecule has 0 fully saturated rings. The molecule has 1 atom stereocenters. The Morgan fingerprint density at radius 2 is 2.10 bits per heavy atom. The normalized spacial score (nSPS) is 17.0. The lowest BCUT2D eigenvalue weighted by Crippen LogP contribution is -2.20. The zero-order valence-corrected chi connectivity index (χ0v) is 13.9. The van der Waals surface area contributed by atoms with Gasteiger partial charge in [0.2, 0.25) is 0 Å². The highest BCUT2D eigenvalue weighted by Gasteiger charge is 2.14. The molecule has 2 heteroatoms. The molecule has 3 rings (SSSR count). The molecule has 1 aliphatic carbocycles. The van der Waals surface area contributed by atoms with Gasteiger partial charge >= 0.3 is 0 Å². The number of thiophene rings is 1. The van der Waals surface area contributed by atoms with E-state index in [4.69, 9.17) is 0 Å². The van der Waals surface area contributed by atoms with Gasteiger partial charge in [0.25, 0.3) is 0 Å². The molecule has 0 bridgehead atoms. The number of nitrogens with one attached hydrogen (secondary N) is 1. The van der Waals surface area contributed by atoms with E-state index in [1.807, 2.05) is 11.3 Å². The average Bonchev–Trinajstić information content (AvgIpc) is 2.86. The third-order valence-corrected chi connectivity index (χ3v) is 6.01. The fraction of sp³-hybridized carbons (Fsp3) is 0.474. The van der Waals surface area contributed by atoms with Crippen LogP contribution >= 0.6 is 11.3 Å². The first kappa shape index (κ1) is 14.8. The molecule has 1 aromatic heterocycles. The van der Waals surface area contributed by atoms with E-state index >= 15 is 0 Å². The van der Waals surface area contributed by atoms with Gasteiger partial charge in [0.15, 0.2) is 0 Å². The number of benzene rings is 1. The van der Waals surface area contributed by atoms with Crippen molar-refractivity contribution in [2.45, 2.75) is 52.0 Å². The number of rotatable bonds is 5. The van der Waals surface area contributed by atoms with Crippen molar-refractivity contribution < 1.29 is 0 Å². The van der Waals surface area contributed by atoms with Crippen LogP contribution in [0.1, 0.15) is 55.5 Å². The Morgan fingerprint density at radius 1 is 1.24 bits per heavy atom. The summed E-state index contributed by atoms with van der Waals surface area (Å²) < 4.78 is 1.41. The molecule has 0 aliphatic heterocycles. The maximum absolute atomic E-state index is 3.72. The lowest BCUT2D eigenvalue weighted by atomic mass is 9.97. The van der Waals surface area contributed by atoms with Crippen molar-refractivity contribution in [1.82, 2.24) is 5.32 Å². The number of hydrogen-bond donors (Lipinski definition) is 1. The van der Waals surface area contributed by atoms with Crippen molar-refractivity contribution in [3.63, 3.8) is 0 Å². The smallest absolute Gasteiger partial charge is 0.0389 e. The van der Waals surface area contributed by atoms with Gasteiger partial charge in [0.1, 0.15) is 0 Å². The van der Waals surface area contributed by atoms with E-state index < -0.39 is 0 Å². The Hall–Kier alpha value is -1.12. The van der Waals surface area contributed by atoms with Crippen molar-refractivity contribution in [2.24, 2.45) is 0 Å². The van der Waals surface area contributed by atoms with E-state index in [1.54, 1.807) is 5.57 Å². The van der Waals surface area contributed by atoms with Gasteiger partial charge in [-0.05, 0) is 69.5 Å². The zero-order valence-electron chi connectivity index (χ0n) is 13.1. The third kappa shape index (κ3) is 3.38. The molecule has 2 aromatic rings. The lowest BCUT2D eigenvalue weighted by Gasteiger charge is -2.16. The first-order valence-corrected chi connectivity index (χ1v) is 8.96. The molecule has 1 heterocycles. The largest absolute Gasteiger partial charge is 0.309 e. The zero-order chi connectivity index (χ0) is 14.7. The number of aryl methyl sites for hydroxylation is 1. The molecule has 1 N–H and O–H groups in total. The van der Waals surface area contributed by atoms with E-state index in [2.05, 4.69) is 49.5 Å². The van der Waals surface area contributed by atoms with Crippen molar-refractivity contribution in [3.05, 3.63) is 46.4 Å². The quantitative estimate of drug-likeness (QED) is 0.693. The number of allylic oxidation sites excluding steroid dienone is 1. The van der Waals surface area contributed by atoms with Crippen molar-refractivity contribution >= 4 is 21.4 Å². The molecule has 1 aromatic carbocycles. The molecule has 0 amide bonds. The van der Waals surface area contributed by atoms with Crippen LogP contribution in [-0.4, -0.2) is 6.54 Å². The van der Waals surface area contributed by atoms with Gasteiger partial charge in [-0.2, -0.15) is 0 Å². The van der Waals surface area contributed by atoms with Crippen LogP contribution in [-0.2, 0) is 0 Å². The van der Waals surface area contributed by atoms with Crippen LogP contribution < -0.4 is 5.32 Å². The highest BCUT2D eigenvalue weighted by molar-refractivity contribution is 7.19. The summed E-state index contributed by atoms with van der Waals surface area (Å²) in [6.45, 7) is 5.66. The highest BCUT2D eigenvalue weighted by atomic mass is 32.1. The SMILES string of the molecule is Cc1c(C(C)NCCC2=CCCCC2)sc2ccccc12. The molecule has 0 saturated carbocycles. The van der Waals surface area contributed by atoms with Crippen LogP contribution in [0.3, 0.4) is 0 Å². The Bertz CT molecular complexity index is 638. The fourth-order valence-corrected chi connectivity index (χ4v) is 4.52. The maximum atomic E-state index is 3.72. The van der Waals surface area contributed by atoms with Crippen LogP contribution in [0.2, 0.25) is 0 Å². The summed E-state index contributed by atoms with van der Waals surface area (Å²) >= 11 is 1.94. The first-order chi connectivity index (χ1) is 10.3. The lowest BCUT2D eigenvalue weighted by molar-refractivity contribution is 0.567. The summed E-state index contributed by atoms with van der Waals surface area (Å²) in [7, 11) is 0. The predicted octanol–water partition coefficient (Wildman–Crippen LogP) is 5.75. The molecular weight excluding hydrogens is 274 g/mol. The molecule has 21 heavy (non-hydrogen) atoms. The van der Waals surface area contributed by atoms with E-state index in [1.165, 1.54) is 52.6 Å². The minimum atomic E-state index is 0.451. The van der Waals surface area contributed by atoms with E-state index in [0.29, 0.717) is 6.04 Å². The van der Waals surface area contributed by atoms with Gasteiger partial charge in [-0.25, -0.2) is 0 Å². The Morgan fingerprint density at radius 3 is 2.86 bits per heavy atom. The molecule has 0 saturated heterocycles. The molecule has 1 unspecified atom stereocenters. The summed E-state index contributed by atoms with van der Waals surface area (Å²) in [5, 5.41) is 5.14. The molecule has 1 aliphatic rings. The number of fused-ring (bicyclic) bond motifs is 1. The Labute approximate surface area is 132 Å². The predicted molar refractivity (Wildman–Crippen MR) is 94.1 cm³/mol. The molecule has 0 radical (unpaired) electrons. The van der Waals surface area contributed by atoms with E-state index in [9.17, 15) is 0 Å². The first-order valence-electron chi connectivity index (χ1n) is 8.15. The van der Waals surface area contributed by atoms with Gasteiger partial charge < -0.3 is 5.32 Å². The van der Waals surface area contributed by atoms with Crippen LogP contribution in [0, 0.1) is 6.92 Å². The van der Waals surface area contributed by atoms with Crippen LogP contribution in [0.4, 0.5) is 0 Å². The van der Waals surface area contributed by atoms with Gasteiger partial charge in [0, 0.05) is 15.6 Å². The van der Waals surface area contributed by atoms with Gasteiger partial charge in [-0.1, -0.05) is 29.8 Å². The van der Waals surface area contributed by atoms with Gasteiger partial charge in [0.05, 0.1) is 0 Å². The van der Waals surface area contributed by atoms with Crippen LogP contribution in [0.15, 0.2) is 35.9 Å². The topological polar surface area (TPSA) is 12.0 Å². The number of hydrogen-bond acceptors (Lipinski definition) is 2. The van der Waals surface area contributed by atoms with Gasteiger partial charge in [-0.3, -0.25) is 0 Å². The molecular formula is C19H25NS. The minimum absolute atomic E-state index is 0.451. The summed E-state index contributed by atoms with van der Waals surface area (Å²) in [5.74, 6) is 0. The van der Waals surface area contributed by atoms with Crippen molar-refractivity contribution in [2.75, 3.05) is 6.54 Å². The van der Waals surface area contributed by atoms with Crippen LogP contribution in [0.5, 0.6) is 0 Å². The summed E-state index contributed by atoms with van der Waals surface area (Å²) in [4.78, 5) is 1.49.